The number of carbonyl (C=O) groups excluding carboxylic acids is 1. The van der Waals surface area contributed by atoms with E-state index >= 15 is 0 Å². The summed E-state index contributed by atoms with van der Waals surface area (Å²) in [5.41, 5.74) is 0.581. The maximum absolute atomic E-state index is 12.5. The van der Waals surface area contributed by atoms with E-state index in [1.165, 1.54) is 7.11 Å². The number of morpholine rings is 1. The molecule has 146 valence electrons. The first-order valence-corrected chi connectivity index (χ1v) is 9.20. The molecular formula is C17H22N4O5S. The van der Waals surface area contributed by atoms with Gasteiger partial charge in [-0.2, -0.15) is 4.37 Å². The topological polar surface area (TPSA) is 95.0 Å². The summed E-state index contributed by atoms with van der Waals surface area (Å²) in [6.07, 6.45) is -0.748. The number of amides is 1. The molecule has 0 aliphatic carbocycles. The summed E-state index contributed by atoms with van der Waals surface area (Å²) in [5, 5.41) is 2.80. The van der Waals surface area contributed by atoms with Crippen LogP contribution in [0.1, 0.15) is 6.92 Å². The van der Waals surface area contributed by atoms with Gasteiger partial charge in [-0.3, -0.25) is 4.79 Å². The van der Waals surface area contributed by atoms with Gasteiger partial charge in [0.25, 0.3) is 11.8 Å². The molecule has 0 saturated carbocycles. The molecule has 1 aliphatic heterocycles. The number of carbonyl (C=O) groups is 1. The molecule has 0 bridgehead atoms. The first kappa shape index (κ1) is 19.2. The second-order valence-electron chi connectivity index (χ2n) is 5.81. The van der Waals surface area contributed by atoms with Crippen molar-refractivity contribution >= 4 is 29.1 Å². The van der Waals surface area contributed by atoms with E-state index in [2.05, 4.69) is 14.1 Å². The summed E-state index contributed by atoms with van der Waals surface area (Å²) < 4.78 is 30.0. The highest BCUT2D eigenvalue weighted by Crippen LogP contribution is 2.30. The van der Waals surface area contributed by atoms with Crippen molar-refractivity contribution in [1.29, 1.82) is 0 Å². The van der Waals surface area contributed by atoms with E-state index in [1.54, 1.807) is 32.2 Å². The Morgan fingerprint density at radius 2 is 1.96 bits per heavy atom. The van der Waals surface area contributed by atoms with Crippen LogP contribution in [0.5, 0.6) is 17.4 Å². The Labute approximate surface area is 161 Å². The van der Waals surface area contributed by atoms with Crippen LogP contribution in [0.15, 0.2) is 18.2 Å². The number of hydrogen-bond donors (Lipinski definition) is 1. The minimum atomic E-state index is -0.748. The van der Waals surface area contributed by atoms with Crippen molar-refractivity contribution in [1.82, 2.24) is 8.75 Å². The number of rotatable bonds is 7. The lowest BCUT2D eigenvalue weighted by molar-refractivity contribution is -0.122. The second-order valence-corrected chi connectivity index (χ2v) is 6.34. The molecule has 1 saturated heterocycles. The van der Waals surface area contributed by atoms with Crippen LogP contribution in [0.25, 0.3) is 0 Å². The van der Waals surface area contributed by atoms with Gasteiger partial charge in [0, 0.05) is 24.8 Å². The first-order valence-electron chi connectivity index (χ1n) is 8.47. The lowest BCUT2D eigenvalue weighted by Gasteiger charge is -2.27. The highest BCUT2D eigenvalue weighted by molar-refractivity contribution is 6.99. The molecule has 2 heterocycles. The lowest BCUT2D eigenvalue weighted by atomic mass is 10.2. The number of methoxy groups -OCH3 is 2. The van der Waals surface area contributed by atoms with Gasteiger partial charge in [0.15, 0.2) is 17.6 Å². The van der Waals surface area contributed by atoms with Crippen LogP contribution in [0.3, 0.4) is 0 Å². The van der Waals surface area contributed by atoms with Crippen LogP contribution in [0, 0.1) is 0 Å². The molecule has 10 heteroatoms. The van der Waals surface area contributed by atoms with Gasteiger partial charge in [0.1, 0.15) is 0 Å². The molecule has 1 aliphatic rings. The molecule has 27 heavy (non-hydrogen) atoms. The number of nitrogens with one attached hydrogen (secondary N) is 1. The summed E-state index contributed by atoms with van der Waals surface area (Å²) in [6.45, 7) is 4.36. The van der Waals surface area contributed by atoms with Gasteiger partial charge in [0.05, 0.1) is 39.2 Å². The van der Waals surface area contributed by atoms with Crippen LogP contribution in [0.4, 0.5) is 11.5 Å². The molecule has 1 aromatic heterocycles. The average Bonchev–Trinajstić information content (AvgIpc) is 3.16. The zero-order valence-corrected chi connectivity index (χ0v) is 16.2. The van der Waals surface area contributed by atoms with Gasteiger partial charge in [-0.05, 0) is 19.1 Å². The first-order chi connectivity index (χ1) is 13.1. The van der Waals surface area contributed by atoms with Crippen LogP contribution >= 0.6 is 11.7 Å². The maximum atomic E-state index is 12.5. The zero-order chi connectivity index (χ0) is 19.2. The van der Waals surface area contributed by atoms with E-state index in [9.17, 15) is 4.79 Å². The predicted molar refractivity (Wildman–Crippen MR) is 101 cm³/mol. The summed E-state index contributed by atoms with van der Waals surface area (Å²) in [6, 6.07) is 5.14. The van der Waals surface area contributed by atoms with Gasteiger partial charge in [-0.1, -0.05) is 0 Å². The third-order valence-corrected chi connectivity index (χ3v) is 4.56. The predicted octanol–water partition coefficient (Wildman–Crippen LogP) is 1.80. The number of benzene rings is 1. The Hall–Kier alpha value is -2.59. The Bertz CT molecular complexity index is 778. The monoisotopic (exact) mass is 394 g/mol. The third-order valence-electron chi connectivity index (χ3n) is 4.06. The van der Waals surface area contributed by atoms with Crippen molar-refractivity contribution in [3.63, 3.8) is 0 Å². The lowest BCUT2D eigenvalue weighted by Crippen LogP contribution is -2.37. The van der Waals surface area contributed by atoms with Gasteiger partial charge < -0.3 is 29.2 Å². The molecule has 2 aromatic rings. The minimum absolute atomic E-state index is 0.303. The smallest absolute Gasteiger partial charge is 0.271 e. The molecule has 1 N–H and O–H groups in total. The van der Waals surface area contributed by atoms with E-state index < -0.39 is 6.10 Å². The number of ether oxygens (including phenoxy) is 4. The molecule has 3 rings (SSSR count). The molecule has 0 unspecified atom stereocenters. The molecule has 1 aromatic carbocycles. The molecular weight excluding hydrogens is 372 g/mol. The van der Waals surface area contributed by atoms with Gasteiger partial charge >= 0.3 is 0 Å². The Morgan fingerprint density at radius 1 is 1.22 bits per heavy atom. The van der Waals surface area contributed by atoms with E-state index in [4.69, 9.17) is 18.9 Å². The fourth-order valence-electron chi connectivity index (χ4n) is 2.60. The Morgan fingerprint density at radius 3 is 2.67 bits per heavy atom. The average molecular weight is 394 g/mol. The van der Waals surface area contributed by atoms with Crippen LogP contribution < -0.4 is 24.4 Å². The largest absolute Gasteiger partial charge is 0.493 e. The maximum Gasteiger partial charge on any atom is 0.271 e. The molecule has 9 nitrogen and oxygen atoms in total. The highest BCUT2D eigenvalue weighted by atomic mass is 32.1. The van der Waals surface area contributed by atoms with Crippen molar-refractivity contribution in [2.45, 2.75) is 13.0 Å². The second kappa shape index (κ2) is 8.87. The molecule has 0 radical (unpaired) electrons. The van der Waals surface area contributed by atoms with E-state index in [-0.39, 0.29) is 5.91 Å². The van der Waals surface area contributed by atoms with E-state index in [0.29, 0.717) is 55.2 Å². The normalized spacial score (nSPS) is 15.1. The van der Waals surface area contributed by atoms with E-state index in [0.717, 1.165) is 11.7 Å². The SMILES string of the molecule is COc1ccc(NC(=O)[C@H](C)Oc2nsnc2N2CCOCC2)cc1OC. The Balaban J connectivity index is 1.64. The summed E-state index contributed by atoms with van der Waals surface area (Å²) in [7, 11) is 3.09. The number of aromatic nitrogens is 2. The summed E-state index contributed by atoms with van der Waals surface area (Å²) >= 11 is 1.06. The minimum Gasteiger partial charge on any atom is -0.493 e. The fourth-order valence-corrected chi connectivity index (χ4v) is 3.11. The van der Waals surface area contributed by atoms with Gasteiger partial charge in [-0.25, -0.2) is 0 Å². The van der Waals surface area contributed by atoms with Crippen molar-refractivity contribution < 1.29 is 23.7 Å². The number of anilines is 2. The van der Waals surface area contributed by atoms with Crippen LogP contribution in [0.2, 0.25) is 0 Å². The molecule has 0 spiro atoms. The number of hydrogen-bond acceptors (Lipinski definition) is 9. The van der Waals surface area contributed by atoms with E-state index in [1.807, 2.05) is 4.90 Å². The molecule has 1 amide bonds. The van der Waals surface area contributed by atoms with Crippen molar-refractivity contribution in [3.05, 3.63) is 18.2 Å². The fraction of sp³-hybridized carbons (Fsp3) is 0.471. The zero-order valence-electron chi connectivity index (χ0n) is 15.4. The third kappa shape index (κ3) is 4.58. The van der Waals surface area contributed by atoms with Crippen LogP contribution in [-0.2, 0) is 9.53 Å². The van der Waals surface area contributed by atoms with Crippen molar-refractivity contribution in [2.24, 2.45) is 0 Å². The quantitative estimate of drug-likeness (QED) is 0.760. The Kier molecular flexibility index (Phi) is 6.30. The van der Waals surface area contributed by atoms with Crippen LogP contribution in [-0.4, -0.2) is 61.3 Å². The molecule has 1 fully saturated rings. The van der Waals surface area contributed by atoms with Gasteiger partial charge in [-0.15, -0.1) is 4.37 Å². The number of nitrogens with zero attached hydrogens (tertiary/aromatic N) is 3. The molecule has 1 atom stereocenters. The van der Waals surface area contributed by atoms with Crippen molar-refractivity contribution in [3.8, 4) is 17.4 Å². The standard InChI is InChI=1S/C17H22N4O5S/c1-11(16(22)18-12-4-5-13(23-2)14(10-12)24-3)26-17-15(19-27-20-17)21-6-8-25-9-7-21/h4-5,10-11H,6-9H2,1-3H3,(H,18,22)/t11-/m0/s1. The summed E-state index contributed by atoms with van der Waals surface area (Å²) in [5.74, 6) is 1.82. The highest BCUT2D eigenvalue weighted by Gasteiger charge is 2.24. The van der Waals surface area contributed by atoms with Gasteiger partial charge in [0.2, 0.25) is 5.82 Å². The summed E-state index contributed by atoms with van der Waals surface area (Å²) in [4.78, 5) is 14.5. The van der Waals surface area contributed by atoms with Crippen molar-refractivity contribution in [2.75, 3.05) is 50.7 Å².